The minimum atomic E-state index is -2.17. The van der Waals surface area contributed by atoms with Gasteiger partial charge >= 0.3 is 0 Å². The molecule has 33 nitrogen and oxygen atoms in total. The molecule has 542 valence electrons. The summed E-state index contributed by atoms with van der Waals surface area (Å²) in [6, 6.07) is -20.1. The molecule has 0 spiro atoms. The number of primary amides is 1. The lowest BCUT2D eigenvalue weighted by molar-refractivity contribution is -0.147. The standard InChI is InChI=1S/C62H109N13O20/c1-16-18-19-35-23-42(82)68-43(28(5)6)55(88)73-47(50(83)29(7)8)58(91)64-32(12)52(85)72-48(51(84)30(9)10)59(92)66-37(20-21-41(63)81)61(94)74(15)49(31(11)17-2)60(93)71-46(40(80)26-76)57(90)70-45(34(14)78)62(95)75-25-36(79)24-39(75)54(87)67-38(22-27(3)4)53(86)69-44(33(13)77)56(89)65-35/h27-40,43-51,76-80,83-84H,16-26H2,1-15H3,(H2,63,81)(H,64,91)(H,65,89)(H,66,92)(H,67,87)(H,68,82)(H,69,86)(H,70,90)(H,71,93)(H,72,85)(H,73,88). The molecule has 0 aromatic rings. The Kier molecular flexibility index (Phi) is 34.6. The first kappa shape index (κ1) is 83.9. The maximum absolute atomic E-state index is 14.7. The van der Waals surface area contributed by atoms with E-state index in [1.807, 2.05) is 6.92 Å². The zero-order valence-corrected chi connectivity index (χ0v) is 57.5. The normalized spacial score (nSPS) is 29.3. The number of hydrogen-bond acceptors (Lipinski definition) is 20. The molecule has 19 unspecified atom stereocenters. The van der Waals surface area contributed by atoms with Gasteiger partial charge in [-0.1, -0.05) is 95.4 Å². The number of hydrogen-bond donors (Lipinski definition) is 18. The summed E-state index contributed by atoms with van der Waals surface area (Å²) in [6.45, 7) is 19.2. The number of nitrogens with two attached hydrogens (primary N) is 1. The van der Waals surface area contributed by atoms with Crippen LogP contribution in [0.1, 0.15) is 155 Å². The summed E-state index contributed by atoms with van der Waals surface area (Å²) >= 11 is 0. The molecule has 13 amide bonds. The van der Waals surface area contributed by atoms with Gasteiger partial charge in [0.1, 0.15) is 72.6 Å². The molecule has 33 heteroatoms. The van der Waals surface area contributed by atoms with Crippen LogP contribution in [-0.2, 0) is 62.3 Å². The minimum absolute atomic E-state index is 0.0955. The monoisotopic (exact) mass is 1360 g/mol. The zero-order chi connectivity index (χ0) is 72.8. The third kappa shape index (κ3) is 25.1. The third-order valence-corrected chi connectivity index (χ3v) is 16.9. The van der Waals surface area contributed by atoms with E-state index in [1.165, 1.54) is 48.5 Å². The molecule has 95 heavy (non-hydrogen) atoms. The molecule has 0 saturated carbocycles. The van der Waals surface area contributed by atoms with Crippen LogP contribution in [0.15, 0.2) is 0 Å². The summed E-state index contributed by atoms with van der Waals surface area (Å²) in [6.07, 6.45) is -11.1. The lowest BCUT2D eigenvalue weighted by Crippen LogP contribution is -2.65. The quantitative estimate of drug-likeness (QED) is 0.0573. The number of unbranched alkanes of at least 4 members (excludes halogenated alkanes) is 1. The van der Waals surface area contributed by atoms with Crippen molar-refractivity contribution < 1.29 is 98.1 Å². The van der Waals surface area contributed by atoms with Crippen LogP contribution in [0.3, 0.4) is 0 Å². The van der Waals surface area contributed by atoms with E-state index in [0.29, 0.717) is 12.8 Å². The molecule has 0 radical (unpaired) electrons. The second-order valence-electron chi connectivity index (χ2n) is 26.6. The van der Waals surface area contributed by atoms with Crippen LogP contribution in [0.5, 0.6) is 0 Å². The van der Waals surface area contributed by atoms with Gasteiger partial charge < -0.3 is 104 Å². The fourth-order valence-electron chi connectivity index (χ4n) is 10.9. The molecule has 2 heterocycles. The number of carbonyl (C=O) groups excluding carboxylic acids is 13. The van der Waals surface area contributed by atoms with E-state index in [2.05, 4.69) is 53.2 Å². The molecule has 2 fully saturated rings. The van der Waals surface area contributed by atoms with Crippen molar-refractivity contribution in [1.29, 1.82) is 0 Å². The summed E-state index contributed by atoms with van der Waals surface area (Å²) < 4.78 is 0. The maximum Gasteiger partial charge on any atom is 0.248 e. The second-order valence-corrected chi connectivity index (χ2v) is 26.6. The zero-order valence-electron chi connectivity index (χ0n) is 57.5. The highest BCUT2D eigenvalue weighted by Crippen LogP contribution is 2.23. The molecular formula is C62H109N13O20. The molecule has 2 aliphatic rings. The Bertz CT molecular complexity index is 2650. The number of carbonyl (C=O) groups is 13. The van der Waals surface area contributed by atoms with E-state index in [1.54, 1.807) is 34.6 Å². The van der Waals surface area contributed by atoms with Gasteiger partial charge in [-0.3, -0.25) is 62.3 Å². The molecule has 19 atom stereocenters. The number of amides is 13. The number of nitrogens with zero attached hydrogens (tertiary/aromatic N) is 2. The van der Waals surface area contributed by atoms with Crippen LogP contribution in [0.4, 0.5) is 0 Å². The summed E-state index contributed by atoms with van der Waals surface area (Å²) in [5.74, 6) is -17.3. The molecule has 0 aliphatic carbocycles. The highest BCUT2D eigenvalue weighted by Gasteiger charge is 2.47. The Hall–Kier alpha value is -7.17. The fraction of sp³-hybridized carbons (Fsp3) is 0.790. The van der Waals surface area contributed by atoms with Crippen molar-refractivity contribution in [3.8, 4) is 0 Å². The Balaban J connectivity index is 2.96. The van der Waals surface area contributed by atoms with Crippen LogP contribution in [-0.4, -0.2) is 252 Å². The van der Waals surface area contributed by atoms with Gasteiger partial charge in [-0.2, -0.15) is 0 Å². The highest BCUT2D eigenvalue weighted by atomic mass is 16.3. The van der Waals surface area contributed by atoms with E-state index < -0.39 is 248 Å². The lowest BCUT2D eigenvalue weighted by Gasteiger charge is -2.36. The van der Waals surface area contributed by atoms with E-state index >= 15 is 0 Å². The van der Waals surface area contributed by atoms with Gasteiger partial charge in [-0.25, -0.2) is 0 Å². The van der Waals surface area contributed by atoms with Crippen molar-refractivity contribution >= 4 is 76.8 Å². The number of likely N-dealkylation sites (N-methyl/N-ethyl adjacent to an activating group) is 1. The topological polar surface area (TPSA) is 516 Å². The molecule has 0 aromatic heterocycles. The first-order chi connectivity index (χ1) is 44.1. The summed E-state index contributed by atoms with van der Waals surface area (Å²) in [4.78, 5) is 186. The Morgan fingerprint density at radius 1 is 0.558 bits per heavy atom. The van der Waals surface area contributed by atoms with E-state index in [-0.39, 0.29) is 25.2 Å². The van der Waals surface area contributed by atoms with Crippen LogP contribution in [0.25, 0.3) is 0 Å². The van der Waals surface area contributed by atoms with Gasteiger partial charge in [0.2, 0.25) is 76.8 Å². The first-order valence-electron chi connectivity index (χ1n) is 32.7. The van der Waals surface area contributed by atoms with Crippen LogP contribution in [0.2, 0.25) is 0 Å². The maximum atomic E-state index is 14.7. The molecule has 2 aliphatic heterocycles. The van der Waals surface area contributed by atoms with Crippen molar-refractivity contribution in [2.45, 2.75) is 264 Å². The number of aliphatic hydroxyl groups excluding tert-OH is 7. The smallest absolute Gasteiger partial charge is 0.248 e. The van der Waals surface area contributed by atoms with Crippen LogP contribution in [0, 0.1) is 29.6 Å². The average Bonchev–Trinajstić information content (AvgIpc) is 1.79. The van der Waals surface area contributed by atoms with Gasteiger partial charge in [-0.05, 0) is 69.6 Å². The van der Waals surface area contributed by atoms with Gasteiger partial charge in [0.25, 0.3) is 0 Å². The number of aliphatic hydroxyl groups is 7. The number of rotatable bonds is 19. The van der Waals surface area contributed by atoms with E-state index in [9.17, 15) is 98.1 Å². The van der Waals surface area contributed by atoms with Crippen LogP contribution >= 0.6 is 0 Å². The first-order valence-corrected chi connectivity index (χ1v) is 32.7. The van der Waals surface area contributed by atoms with Crippen molar-refractivity contribution in [3.63, 3.8) is 0 Å². The minimum Gasteiger partial charge on any atom is -0.394 e. The SMILES string of the molecule is CCCCC1CC(=O)NC(C(C)C)C(=O)NC(C(O)C(C)C)C(=O)NC(C)C(=O)NC(C(O)C(C)C)C(=O)NC(CCC(N)=O)C(=O)N(C)C(C(C)CC)C(=O)NC(C(O)CO)C(=O)NC(C(C)O)C(=O)N2CC(O)CC2C(=O)NC(CC(C)C)C(=O)NC(C(C)O)C(=O)N1. The lowest BCUT2D eigenvalue weighted by atomic mass is 9.94. The Morgan fingerprint density at radius 3 is 1.54 bits per heavy atom. The van der Waals surface area contributed by atoms with Crippen molar-refractivity contribution in [1.82, 2.24) is 63.0 Å². The Morgan fingerprint density at radius 2 is 1.04 bits per heavy atom. The van der Waals surface area contributed by atoms with Gasteiger partial charge in [0.15, 0.2) is 0 Å². The summed E-state index contributed by atoms with van der Waals surface area (Å²) in [5, 5.41) is 102. The highest BCUT2D eigenvalue weighted by molar-refractivity contribution is 6.00. The number of fused-ring (bicyclic) bond motifs is 1. The van der Waals surface area contributed by atoms with Crippen LogP contribution < -0.4 is 58.9 Å². The molecular weight excluding hydrogens is 1250 g/mol. The Labute approximate surface area is 555 Å². The molecule has 19 N–H and O–H groups in total. The molecule has 2 saturated heterocycles. The third-order valence-electron chi connectivity index (χ3n) is 16.9. The predicted octanol–water partition coefficient (Wildman–Crippen LogP) is -5.60. The van der Waals surface area contributed by atoms with Crippen molar-refractivity contribution in [2.75, 3.05) is 20.2 Å². The molecule has 0 aromatic carbocycles. The summed E-state index contributed by atoms with van der Waals surface area (Å²) in [5.41, 5.74) is 5.49. The fourth-order valence-corrected chi connectivity index (χ4v) is 10.9. The van der Waals surface area contributed by atoms with Crippen molar-refractivity contribution in [3.05, 3.63) is 0 Å². The van der Waals surface area contributed by atoms with E-state index in [0.717, 1.165) is 23.8 Å². The van der Waals surface area contributed by atoms with E-state index in [4.69, 9.17) is 5.73 Å². The summed E-state index contributed by atoms with van der Waals surface area (Å²) in [7, 11) is 1.13. The average molecular weight is 1360 g/mol. The second kappa shape index (κ2) is 39.1. The van der Waals surface area contributed by atoms with Gasteiger partial charge in [-0.15, -0.1) is 0 Å². The van der Waals surface area contributed by atoms with Gasteiger partial charge in [0.05, 0.1) is 37.1 Å². The molecule has 2 rings (SSSR count). The number of nitrogens with one attached hydrogen (secondary N) is 10. The predicted molar refractivity (Wildman–Crippen MR) is 342 cm³/mol. The molecule has 0 bridgehead atoms. The van der Waals surface area contributed by atoms with Crippen molar-refractivity contribution in [2.24, 2.45) is 35.3 Å². The largest absolute Gasteiger partial charge is 0.394 e. The van der Waals surface area contributed by atoms with Gasteiger partial charge in [0, 0.05) is 38.9 Å².